The van der Waals surface area contributed by atoms with Crippen molar-refractivity contribution in [2.45, 2.75) is 12.8 Å². The van der Waals surface area contributed by atoms with E-state index in [4.69, 9.17) is 4.74 Å². The number of allylic oxidation sites excluding steroid dienone is 1. The van der Waals surface area contributed by atoms with Crippen LogP contribution in [0, 0.1) is 17.8 Å². The molecule has 3 rings (SSSR count). The molecule has 1 saturated heterocycles. The predicted octanol–water partition coefficient (Wildman–Crippen LogP) is 2.97. The Morgan fingerprint density at radius 3 is 2.72 bits per heavy atom. The third kappa shape index (κ3) is 5.49. The van der Waals surface area contributed by atoms with E-state index >= 15 is 0 Å². The molecule has 0 radical (unpaired) electrons. The molecule has 5 heteroatoms. The average molecular weight is 388 g/mol. The Hall–Kier alpha value is -3.52. The highest BCUT2D eigenvalue weighted by atomic mass is 16.5. The van der Waals surface area contributed by atoms with E-state index in [-0.39, 0.29) is 37.3 Å². The molecule has 5 nitrogen and oxygen atoms in total. The van der Waals surface area contributed by atoms with Crippen molar-refractivity contribution in [3.05, 3.63) is 72.8 Å². The summed E-state index contributed by atoms with van der Waals surface area (Å²) in [7, 11) is 0. The molecule has 0 aliphatic carbocycles. The van der Waals surface area contributed by atoms with Gasteiger partial charge in [0, 0.05) is 18.7 Å². The van der Waals surface area contributed by atoms with E-state index in [0.29, 0.717) is 6.54 Å². The minimum absolute atomic E-state index is 0.0333. The first kappa shape index (κ1) is 20.2. The topological polar surface area (TPSA) is 58.6 Å². The van der Waals surface area contributed by atoms with E-state index in [1.807, 2.05) is 60.7 Å². The van der Waals surface area contributed by atoms with Crippen LogP contribution in [-0.2, 0) is 16.0 Å². The van der Waals surface area contributed by atoms with E-state index in [1.54, 1.807) is 4.90 Å². The molecule has 2 amide bonds. The summed E-state index contributed by atoms with van der Waals surface area (Å²) >= 11 is 0. The second kappa shape index (κ2) is 10.1. The van der Waals surface area contributed by atoms with Gasteiger partial charge in [-0.05, 0) is 30.2 Å². The lowest BCUT2D eigenvalue weighted by atomic mass is 10.1. The van der Waals surface area contributed by atoms with Crippen molar-refractivity contribution in [3.63, 3.8) is 0 Å². The van der Waals surface area contributed by atoms with Crippen LogP contribution in [0.5, 0.6) is 5.75 Å². The number of amides is 2. The van der Waals surface area contributed by atoms with Crippen molar-refractivity contribution in [1.82, 2.24) is 5.32 Å². The van der Waals surface area contributed by atoms with Gasteiger partial charge in [-0.3, -0.25) is 9.59 Å². The average Bonchev–Trinajstić information content (AvgIpc) is 3.14. The number of carbonyl (C=O) groups excluding carboxylic acids is 2. The fourth-order valence-electron chi connectivity index (χ4n) is 3.21. The second-order valence-corrected chi connectivity index (χ2v) is 6.70. The van der Waals surface area contributed by atoms with Gasteiger partial charge in [0.2, 0.25) is 11.8 Å². The third-order valence-electron chi connectivity index (χ3n) is 4.68. The van der Waals surface area contributed by atoms with Gasteiger partial charge in [-0.1, -0.05) is 54.3 Å². The monoisotopic (exact) mass is 388 g/mol. The van der Waals surface area contributed by atoms with E-state index in [9.17, 15) is 9.59 Å². The zero-order valence-corrected chi connectivity index (χ0v) is 16.3. The molecule has 1 atom stereocenters. The number of anilines is 1. The van der Waals surface area contributed by atoms with Crippen molar-refractivity contribution in [1.29, 1.82) is 0 Å². The number of nitrogens with one attached hydrogen (secondary N) is 1. The largest absolute Gasteiger partial charge is 0.481 e. The molecule has 148 valence electrons. The lowest BCUT2D eigenvalue weighted by molar-refractivity contribution is -0.126. The molecule has 0 saturated carbocycles. The van der Waals surface area contributed by atoms with Gasteiger partial charge >= 0.3 is 0 Å². The molecule has 1 aliphatic heterocycles. The first-order valence-corrected chi connectivity index (χ1v) is 9.59. The number of hydrogen-bond acceptors (Lipinski definition) is 3. The number of para-hydroxylation sites is 2. The molecule has 2 aromatic rings. The highest BCUT2D eigenvalue weighted by molar-refractivity contribution is 6.00. The van der Waals surface area contributed by atoms with Gasteiger partial charge in [-0.15, -0.1) is 6.58 Å². The number of ether oxygens (including phenoxy) is 1. The van der Waals surface area contributed by atoms with Crippen LogP contribution < -0.4 is 15.0 Å². The van der Waals surface area contributed by atoms with Crippen molar-refractivity contribution in [3.8, 4) is 17.6 Å². The van der Waals surface area contributed by atoms with Crippen LogP contribution in [0.4, 0.5) is 5.69 Å². The quantitative estimate of drug-likeness (QED) is 0.586. The molecule has 1 heterocycles. The van der Waals surface area contributed by atoms with E-state index in [0.717, 1.165) is 23.4 Å². The molecule has 0 spiro atoms. The maximum Gasteiger partial charge on any atom is 0.227 e. The molecule has 1 fully saturated rings. The smallest absolute Gasteiger partial charge is 0.227 e. The number of benzene rings is 2. The Balaban J connectivity index is 1.43. The van der Waals surface area contributed by atoms with Crippen LogP contribution in [0.15, 0.2) is 67.3 Å². The highest BCUT2D eigenvalue weighted by Gasteiger charge is 2.34. The summed E-state index contributed by atoms with van der Waals surface area (Å²) < 4.78 is 5.69. The Bertz CT molecular complexity index is 928. The summed E-state index contributed by atoms with van der Waals surface area (Å²) in [6.07, 6.45) is 2.78. The SMILES string of the molecule is C=CCc1ccccc1OCC#CCNC(=O)C1CC(=O)N(c2ccccc2)C1. The minimum Gasteiger partial charge on any atom is -0.481 e. The third-order valence-corrected chi connectivity index (χ3v) is 4.68. The molecule has 0 aromatic heterocycles. The fourth-order valence-corrected chi connectivity index (χ4v) is 3.21. The van der Waals surface area contributed by atoms with E-state index in [2.05, 4.69) is 23.7 Å². The van der Waals surface area contributed by atoms with Gasteiger partial charge in [0.15, 0.2) is 0 Å². The van der Waals surface area contributed by atoms with Crippen molar-refractivity contribution < 1.29 is 14.3 Å². The van der Waals surface area contributed by atoms with Gasteiger partial charge in [-0.2, -0.15) is 0 Å². The van der Waals surface area contributed by atoms with Crippen LogP contribution in [0.3, 0.4) is 0 Å². The molecular weight excluding hydrogens is 364 g/mol. The highest BCUT2D eigenvalue weighted by Crippen LogP contribution is 2.24. The summed E-state index contributed by atoms with van der Waals surface area (Å²) in [6, 6.07) is 17.2. The van der Waals surface area contributed by atoms with Crippen LogP contribution in [0.1, 0.15) is 12.0 Å². The first-order valence-electron chi connectivity index (χ1n) is 9.59. The number of carbonyl (C=O) groups is 2. The Morgan fingerprint density at radius 2 is 1.93 bits per heavy atom. The fraction of sp³-hybridized carbons (Fsp3) is 0.250. The molecule has 1 aliphatic rings. The van der Waals surface area contributed by atoms with Crippen LogP contribution in [0.25, 0.3) is 0 Å². The van der Waals surface area contributed by atoms with Gasteiger partial charge in [-0.25, -0.2) is 0 Å². The van der Waals surface area contributed by atoms with E-state index in [1.165, 1.54) is 0 Å². The van der Waals surface area contributed by atoms with Crippen LogP contribution in [-0.4, -0.2) is 31.5 Å². The predicted molar refractivity (Wildman–Crippen MR) is 114 cm³/mol. The maximum atomic E-state index is 12.3. The zero-order valence-electron chi connectivity index (χ0n) is 16.3. The molecule has 1 N–H and O–H groups in total. The molecule has 29 heavy (non-hydrogen) atoms. The second-order valence-electron chi connectivity index (χ2n) is 6.70. The van der Waals surface area contributed by atoms with Gasteiger partial charge in [0.25, 0.3) is 0 Å². The summed E-state index contributed by atoms with van der Waals surface area (Å²) in [6.45, 7) is 4.61. The molecule has 2 aromatic carbocycles. The summed E-state index contributed by atoms with van der Waals surface area (Å²) in [5.74, 6) is 6.04. The summed E-state index contributed by atoms with van der Waals surface area (Å²) in [5.41, 5.74) is 1.88. The van der Waals surface area contributed by atoms with Gasteiger partial charge < -0.3 is 15.0 Å². The van der Waals surface area contributed by atoms with Crippen LogP contribution >= 0.6 is 0 Å². The normalized spacial score (nSPS) is 15.4. The zero-order chi connectivity index (χ0) is 20.5. The molecular formula is C24H24N2O3. The number of hydrogen-bond donors (Lipinski definition) is 1. The summed E-state index contributed by atoms with van der Waals surface area (Å²) in [4.78, 5) is 26.2. The lowest BCUT2D eigenvalue weighted by Crippen LogP contribution is -2.33. The summed E-state index contributed by atoms with van der Waals surface area (Å²) in [5, 5.41) is 2.79. The standard InChI is InChI=1S/C24H24N2O3/c1-2-10-19-11-6-7-14-22(19)29-16-9-8-15-25-24(28)20-17-23(27)26(18-20)21-12-4-3-5-13-21/h2-7,11-14,20H,1,10,15-18H2,(H,25,28). The molecule has 0 bridgehead atoms. The Labute approximate surface area is 171 Å². The first-order chi connectivity index (χ1) is 14.2. The minimum atomic E-state index is -0.355. The van der Waals surface area contributed by atoms with Gasteiger partial charge in [0.05, 0.1) is 12.5 Å². The van der Waals surface area contributed by atoms with Crippen molar-refractivity contribution in [2.75, 3.05) is 24.6 Å². The van der Waals surface area contributed by atoms with E-state index < -0.39 is 0 Å². The number of rotatable bonds is 7. The van der Waals surface area contributed by atoms with Gasteiger partial charge in [0.1, 0.15) is 12.4 Å². The lowest BCUT2D eigenvalue weighted by Gasteiger charge is -2.16. The maximum absolute atomic E-state index is 12.3. The number of nitrogens with zero attached hydrogens (tertiary/aromatic N) is 1. The Kier molecular flexibility index (Phi) is 7.07. The molecule has 1 unspecified atom stereocenters. The van der Waals surface area contributed by atoms with Crippen molar-refractivity contribution in [2.24, 2.45) is 5.92 Å². The Morgan fingerprint density at radius 1 is 1.17 bits per heavy atom. The van der Waals surface area contributed by atoms with Crippen molar-refractivity contribution >= 4 is 17.5 Å². The van der Waals surface area contributed by atoms with Crippen LogP contribution in [0.2, 0.25) is 0 Å².